The van der Waals surface area contributed by atoms with Crippen molar-refractivity contribution in [1.29, 1.82) is 0 Å². The molecule has 0 saturated heterocycles. The molecule has 0 radical (unpaired) electrons. The van der Waals surface area contributed by atoms with E-state index in [1.807, 2.05) is 43.2 Å². The lowest BCUT2D eigenvalue weighted by Crippen LogP contribution is -1.93. The van der Waals surface area contributed by atoms with Crippen molar-refractivity contribution in [2.75, 3.05) is 0 Å². The molecule has 4 heteroatoms. The maximum absolute atomic E-state index is 6.85. The molecule has 8 aromatic carbocycles. The summed E-state index contributed by atoms with van der Waals surface area (Å²) in [4.78, 5) is 14.2. The van der Waals surface area contributed by atoms with E-state index in [2.05, 4.69) is 156 Å². The van der Waals surface area contributed by atoms with Gasteiger partial charge in [-0.25, -0.2) is 0 Å². The van der Waals surface area contributed by atoms with E-state index in [9.17, 15) is 0 Å². The first-order chi connectivity index (χ1) is 28.3. The molecule has 0 aliphatic rings. The molecule has 4 heterocycles. The number of benzene rings is 8. The van der Waals surface area contributed by atoms with Crippen LogP contribution in [0.15, 0.2) is 193 Å². The Morgan fingerprint density at radius 1 is 0.298 bits per heavy atom. The molecule has 0 N–H and O–H groups in total. The van der Waals surface area contributed by atoms with E-state index < -0.39 is 0 Å². The van der Waals surface area contributed by atoms with E-state index in [-0.39, 0.29) is 0 Å². The number of rotatable bonds is 4. The minimum Gasteiger partial charge on any atom is -0.455 e. The van der Waals surface area contributed by atoms with Crippen LogP contribution in [0.1, 0.15) is 0 Å². The molecular weight excluding hydrogens is 695 g/mol. The molecule has 0 aliphatic carbocycles. The van der Waals surface area contributed by atoms with E-state index in [0.29, 0.717) is 0 Å². The largest absolute Gasteiger partial charge is 0.455 e. The second-order valence-corrected chi connectivity index (χ2v) is 14.8. The molecule has 0 saturated carbocycles. The highest BCUT2D eigenvalue weighted by molar-refractivity contribution is 6.28. The third-order valence-corrected chi connectivity index (χ3v) is 11.7. The first-order valence-electron chi connectivity index (χ1n) is 19.2. The third kappa shape index (κ3) is 4.84. The number of hydrogen-bond donors (Lipinski definition) is 0. The van der Waals surface area contributed by atoms with Gasteiger partial charge in [-0.1, -0.05) is 121 Å². The van der Waals surface area contributed by atoms with Crippen molar-refractivity contribution in [2.45, 2.75) is 0 Å². The normalized spacial score (nSPS) is 11.9. The quantitative estimate of drug-likeness (QED) is 0.134. The first kappa shape index (κ1) is 31.6. The van der Waals surface area contributed by atoms with Crippen molar-refractivity contribution in [3.05, 3.63) is 189 Å². The Morgan fingerprint density at radius 3 is 1.53 bits per heavy atom. The second kappa shape index (κ2) is 12.4. The average Bonchev–Trinajstić information content (AvgIpc) is 3.66. The van der Waals surface area contributed by atoms with Gasteiger partial charge in [-0.05, 0) is 95.7 Å². The molecule has 0 amide bonds. The van der Waals surface area contributed by atoms with Gasteiger partial charge >= 0.3 is 0 Å². The molecule has 0 bridgehead atoms. The standard InChI is InChI=1S/C53H31N3O/c1-2-9-32(10-3-1)33-17-19-34(20-18-33)51-42-21-23-55-31-49(42)52(43-22-24-54-30-48(43)51)36-25-35(28-56-29-36)37-15-8-16-44-47-26-45-40-13-6-4-11-38(40)39-12-5-7-14-41(39)46(45)27-50(47)57-53(37)44/h1-31H. The zero-order valence-corrected chi connectivity index (χ0v) is 30.6. The zero-order valence-electron chi connectivity index (χ0n) is 30.6. The summed E-state index contributed by atoms with van der Waals surface area (Å²) in [6.45, 7) is 0. The summed E-state index contributed by atoms with van der Waals surface area (Å²) < 4.78 is 6.85. The summed E-state index contributed by atoms with van der Waals surface area (Å²) in [7, 11) is 0. The van der Waals surface area contributed by atoms with Crippen LogP contribution in [0.2, 0.25) is 0 Å². The lowest BCUT2D eigenvalue weighted by molar-refractivity contribution is 0.670. The molecule has 12 rings (SSSR count). The lowest BCUT2D eigenvalue weighted by atomic mass is 9.87. The summed E-state index contributed by atoms with van der Waals surface area (Å²) in [5.74, 6) is 0. The predicted octanol–water partition coefficient (Wildman–Crippen LogP) is 14.2. The van der Waals surface area contributed by atoms with Crippen LogP contribution in [0, 0.1) is 0 Å². The van der Waals surface area contributed by atoms with Crippen molar-refractivity contribution in [3.8, 4) is 44.5 Å². The molecule has 57 heavy (non-hydrogen) atoms. The second-order valence-electron chi connectivity index (χ2n) is 14.8. The Kier molecular flexibility index (Phi) is 6.89. The maximum atomic E-state index is 6.85. The Balaban J connectivity index is 1.04. The van der Waals surface area contributed by atoms with E-state index in [4.69, 9.17) is 9.40 Å². The zero-order chi connectivity index (χ0) is 37.5. The molecule has 0 fully saturated rings. The van der Waals surface area contributed by atoms with E-state index in [1.54, 1.807) is 0 Å². The third-order valence-electron chi connectivity index (χ3n) is 11.7. The Bertz CT molecular complexity index is 3510. The monoisotopic (exact) mass is 725 g/mol. The van der Waals surface area contributed by atoms with Crippen molar-refractivity contribution in [2.24, 2.45) is 0 Å². The number of nitrogens with zero attached hydrogens (tertiary/aromatic N) is 3. The highest BCUT2D eigenvalue weighted by Gasteiger charge is 2.20. The number of fused-ring (bicyclic) bond motifs is 11. The van der Waals surface area contributed by atoms with Gasteiger partial charge in [-0.3, -0.25) is 15.0 Å². The minimum absolute atomic E-state index is 0.852. The molecular formula is C53H31N3O. The molecule has 0 aliphatic heterocycles. The van der Waals surface area contributed by atoms with Crippen LogP contribution in [0.4, 0.5) is 0 Å². The average molecular weight is 726 g/mol. The Morgan fingerprint density at radius 2 is 0.842 bits per heavy atom. The number of para-hydroxylation sites is 1. The van der Waals surface area contributed by atoms with Gasteiger partial charge in [0.05, 0.1) is 0 Å². The molecule has 4 nitrogen and oxygen atoms in total. The van der Waals surface area contributed by atoms with Gasteiger partial charge in [0.2, 0.25) is 0 Å². The molecule has 0 unspecified atom stereocenters. The van der Waals surface area contributed by atoms with E-state index in [1.165, 1.54) is 43.4 Å². The van der Waals surface area contributed by atoms with E-state index in [0.717, 1.165) is 76.9 Å². The lowest BCUT2D eigenvalue weighted by Gasteiger charge is -2.17. The fraction of sp³-hybridized carbons (Fsp3) is 0. The van der Waals surface area contributed by atoms with Gasteiger partial charge in [0.15, 0.2) is 0 Å². The summed E-state index contributed by atoms with van der Waals surface area (Å²) >= 11 is 0. The highest BCUT2D eigenvalue weighted by Crippen LogP contribution is 2.45. The van der Waals surface area contributed by atoms with Crippen LogP contribution in [0.25, 0.3) is 120 Å². The fourth-order valence-electron chi connectivity index (χ4n) is 9.14. The maximum Gasteiger partial charge on any atom is 0.143 e. The van der Waals surface area contributed by atoms with Crippen LogP contribution < -0.4 is 0 Å². The predicted molar refractivity (Wildman–Crippen MR) is 236 cm³/mol. The summed E-state index contributed by atoms with van der Waals surface area (Å²) in [6, 6.07) is 54.2. The van der Waals surface area contributed by atoms with Gasteiger partial charge in [0, 0.05) is 81.0 Å². The number of hydrogen-bond acceptors (Lipinski definition) is 4. The Hall–Kier alpha value is -7.69. The van der Waals surface area contributed by atoms with Crippen molar-refractivity contribution in [1.82, 2.24) is 15.0 Å². The first-order valence-corrected chi connectivity index (χ1v) is 19.2. The highest BCUT2D eigenvalue weighted by atomic mass is 16.3. The smallest absolute Gasteiger partial charge is 0.143 e. The number of aromatic nitrogens is 3. The molecule has 12 aromatic rings. The van der Waals surface area contributed by atoms with Gasteiger partial charge in [-0.2, -0.15) is 0 Å². The van der Waals surface area contributed by atoms with Crippen LogP contribution in [0.3, 0.4) is 0 Å². The Labute approximate surface area is 327 Å². The fourth-order valence-corrected chi connectivity index (χ4v) is 9.14. The summed E-state index contributed by atoms with van der Waals surface area (Å²) in [5, 5.41) is 13.9. The molecule has 264 valence electrons. The van der Waals surface area contributed by atoms with Crippen LogP contribution in [-0.4, -0.2) is 15.0 Å². The van der Waals surface area contributed by atoms with Crippen molar-refractivity contribution in [3.63, 3.8) is 0 Å². The molecule has 0 spiro atoms. The van der Waals surface area contributed by atoms with Gasteiger partial charge in [-0.15, -0.1) is 0 Å². The van der Waals surface area contributed by atoms with Crippen molar-refractivity contribution < 1.29 is 4.42 Å². The number of furan rings is 1. The number of pyridine rings is 3. The molecule has 4 aromatic heterocycles. The topological polar surface area (TPSA) is 51.8 Å². The van der Waals surface area contributed by atoms with Crippen LogP contribution >= 0.6 is 0 Å². The summed E-state index contributed by atoms with van der Waals surface area (Å²) in [5.41, 5.74) is 10.4. The van der Waals surface area contributed by atoms with Crippen LogP contribution in [0.5, 0.6) is 0 Å². The van der Waals surface area contributed by atoms with Gasteiger partial charge < -0.3 is 4.42 Å². The van der Waals surface area contributed by atoms with Gasteiger partial charge in [0.25, 0.3) is 0 Å². The van der Waals surface area contributed by atoms with Gasteiger partial charge in [0.1, 0.15) is 11.2 Å². The minimum atomic E-state index is 0.852. The van der Waals surface area contributed by atoms with Crippen molar-refractivity contribution >= 4 is 75.8 Å². The van der Waals surface area contributed by atoms with Crippen LogP contribution in [-0.2, 0) is 0 Å². The SMILES string of the molecule is c1ccc(-c2ccc(-c3c4ccncc4c(-c4cncc(-c5cccc6c5oc5cc7c8ccccc8c8ccccc8c7cc56)c4)c4ccncc34)cc2)cc1. The summed E-state index contributed by atoms with van der Waals surface area (Å²) in [6.07, 6.45) is 11.6. The molecule has 0 atom stereocenters. The van der Waals surface area contributed by atoms with E-state index >= 15 is 0 Å².